The zero-order chi connectivity index (χ0) is 13.7. The molecule has 18 heavy (non-hydrogen) atoms. The Morgan fingerprint density at radius 3 is 1.56 bits per heavy atom. The van der Waals surface area contributed by atoms with Crippen LogP contribution in [0.5, 0.6) is 0 Å². The van der Waals surface area contributed by atoms with E-state index >= 15 is 0 Å². The summed E-state index contributed by atoms with van der Waals surface area (Å²) in [6, 6.07) is 2.64. The molecule has 0 unspecified atom stereocenters. The van der Waals surface area contributed by atoms with Crippen molar-refractivity contribution in [2.24, 2.45) is 0 Å². The van der Waals surface area contributed by atoms with E-state index in [2.05, 4.69) is 0 Å². The lowest BCUT2D eigenvalue weighted by Crippen LogP contribution is -2.13. The molecule has 1 aromatic rings. The maximum atomic E-state index is 11.6. The minimum atomic E-state index is -0.572. The van der Waals surface area contributed by atoms with E-state index in [4.69, 9.17) is 20.9 Å². The number of carbonyl (C=O) groups excluding carboxylic acids is 2. The Balaban J connectivity index is 3.11. The average molecular weight is 252 g/mol. The fourth-order valence-electron chi connectivity index (χ4n) is 1.40. The zero-order valence-electron chi connectivity index (χ0n) is 10.4. The second-order valence-electron chi connectivity index (χ2n) is 3.47. The molecule has 4 N–H and O–H groups in total. The van der Waals surface area contributed by atoms with Crippen molar-refractivity contribution < 1.29 is 19.1 Å². The Morgan fingerprint density at radius 2 is 1.28 bits per heavy atom. The van der Waals surface area contributed by atoms with Crippen LogP contribution >= 0.6 is 0 Å². The van der Waals surface area contributed by atoms with Gasteiger partial charge >= 0.3 is 11.9 Å². The van der Waals surface area contributed by atoms with Crippen molar-refractivity contribution in [3.05, 3.63) is 23.3 Å². The van der Waals surface area contributed by atoms with E-state index in [0.29, 0.717) is 0 Å². The van der Waals surface area contributed by atoms with Crippen LogP contribution in [0.2, 0.25) is 0 Å². The summed E-state index contributed by atoms with van der Waals surface area (Å²) >= 11 is 0. The van der Waals surface area contributed by atoms with Crippen molar-refractivity contribution in [3.63, 3.8) is 0 Å². The van der Waals surface area contributed by atoms with Gasteiger partial charge in [-0.1, -0.05) is 0 Å². The third-order valence-corrected chi connectivity index (χ3v) is 2.21. The molecule has 6 heteroatoms. The van der Waals surface area contributed by atoms with Crippen LogP contribution < -0.4 is 11.5 Å². The average Bonchev–Trinajstić information content (AvgIpc) is 2.32. The van der Waals surface area contributed by atoms with Gasteiger partial charge in [0.25, 0.3) is 0 Å². The molecule has 1 rings (SSSR count). The van der Waals surface area contributed by atoms with Gasteiger partial charge in [-0.2, -0.15) is 0 Å². The van der Waals surface area contributed by atoms with E-state index in [9.17, 15) is 9.59 Å². The monoisotopic (exact) mass is 252 g/mol. The number of nitrogen functional groups attached to an aromatic ring is 2. The van der Waals surface area contributed by atoms with Gasteiger partial charge in [-0.3, -0.25) is 0 Å². The molecule has 0 spiro atoms. The predicted molar refractivity (Wildman–Crippen MR) is 67.2 cm³/mol. The van der Waals surface area contributed by atoms with Crippen LogP contribution in [-0.2, 0) is 9.47 Å². The van der Waals surface area contributed by atoms with Gasteiger partial charge in [0.15, 0.2) is 0 Å². The van der Waals surface area contributed by atoms with Gasteiger partial charge in [-0.05, 0) is 26.0 Å². The molecular formula is C12H16N2O4. The minimum absolute atomic E-state index is 0.130. The van der Waals surface area contributed by atoms with Gasteiger partial charge in [0, 0.05) is 11.4 Å². The molecule has 0 saturated heterocycles. The summed E-state index contributed by atoms with van der Waals surface area (Å²) in [5, 5.41) is 0. The van der Waals surface area contributed by atoms with Gasteiger partial charge in [-0.25, -0.2) is 9.59 Å². The fourth-order valence-corrected chi connectivity index (χ4v) is 1.40. The maximum Gasteiger partial charge on any atom is 0.340 e. The quantitative estimate of drug-likeness (QED) is 0.616. The third-order valence-electron chi connectivity index (χ3n) is 2.21. The lowest BCUT2D eigenvalue weighted by molar-refractivity contribution is 0.0513. The summed E-state index contributed by atoms with van der Waals surface area (Å²) in [4.78, 5) is 23.1. The fraction of sp³-hybridized carbons (Fsp3) is 0.333. The molecule has 0 saturated carbocycles. The smallest absolute Gasteiger partial charge is 0.340 e. The molecule has 0 atom stereocenters. The zero-order valence-corrected chi connectivity index (χ0v) is 10.4. The van der Waals surface area contributed by atoms with Crippen LogP contribution in [0.4, 0.5) is 11.4 Å². The summed E-state index contributed by atoms with van der Waals surface area (Å²) in [5.74, 6) is -1.14. The number of hydrogen-bond donors (Lipinski definition) is 2. The summed E-state index contributed by atoms with van der Waals surface area (Å²) in [7, 11) is 0. The molecule has 1 aromatic carbocycles. The Bertz CT molecular complexity index is 428. The van der Waals surface area contributed by atoms with Crippen molar-refractivity contribution in [2.75, 3.05) is 24.7 Å². The van der Waals surface area contributed by atoms with E-state index in [1.54, 1.807) is 13.8 Å². The highest BCUT2D eigenvalue weighted by molar-refractivity contribution is 6.02. The van der Waals surface area contributed by atoms with Gasteiger partial charge in [0.2, 0.25) is 0 Å². The van der Waals surface area contributed by atoms with Crippen molar-refractivity contribution in [2.45, 2.75) is 13.8 Å². The number of ether oxygens (including phenoxy) is 2. The van der Waals surface area contributed by atoms with E-state index < -0.39 is 11.9 Å². The Hall–Kier alpha value is -2.24. The molecule has 0 aliphatic rings. The molecule has 0 aliphatic heterocycles. The van der Waals surface area contributed by atoms with Crippen LogP contribution in [0.1, 0.15) is 34.6 Å². The molecule has 98 valence electrons. The van der Waals surface area contributed by atoms with Crippen molar-refractivity contribution in [1.82, 2.24) is 0 Å². The first kappa shape index (κ1) is 13.8. The van der Waals surface area contributed by atoms with Gasteiger partial charge < -0.3 is 20.9 Å². The van der Waals surface area contributed by atoms with Gasteiger partial charge in [-0.15, -0.1) is 0 Å². The lowest BCUT2D eigenvalue weighted by Gasteiger charge is -2.10. The van der Waals surface area contributed by atoms with Crippen molar-refractivity contribution in [3.8, 4) is 0 Å². The van der Waals surface area contributed by atoms with Crippen molar-refractivity contribution >= 4 is 23.3 Å². The van der Waals surface area contributed by atoms with Crippen LogP contribution in [0.15, 0.2) is 12.1 Å². The van der Waals surface area contributed by atoms with Gasteiger partial charge in [0.05, 0.1) is 24.3 Å². The van der Waals surface area contributed by atoms with E-state index in [1.165, 1.54) is 12.1 Å². The number of anilines is 2. The highest BCUT2D eigenvalue weighted by Gasteiger charge is 2.18. The molecule has 6 nitrogen and oxygen atoms in total. The molecule has 0 fully saturated rings. The standard InChI is InChI=1S/C12H16N2O4/c1-3-17-11(15)7-5-10(14)8(6-9(7)13)12(16)18-4-2/h5-6H,3-4,13-14H2,1-2H3. The van der Waals surface area contributed by atoms with Crippen LogP contribution in [0.3, 0.4) is 0 Å². The predicted octanol–water partition coefficient (Wildman–Crippen LogP) is 1.20. The summed E-state index contributed by atoms with van der Waals surface area (Å²) in [6.45, 7) is 3.84. The molecule has 0 bridgehead atoms. The first-order valence-electron chi connectivity index (χ1n) is 5.54. The molecular weight excluding hydrogens is 236 g/mol. The first-order chi connectivity index (χ1) is 8.51. The number of carbonyl (C=O) groups is 2. The second-order valence-corrected chi connectivity index (χ2v) is 3.47. The van der Waals surface area contributed by atoms with Crippen LogP contribution in [0.25, 0.3) is 0 Å². The number of esters is 2. The van der Waals surface area contributed by atoms with Gasteiger partial charge in [0.1, 0.15) is 0 Å². The lowest BCUT2D eigenvalue weighted by atomic mass is 10.1. The summed E-state index contributed by atoms with van der Waals surface area (Å²) in [5.41, 5.74) is 11.9. The van der Waals surface area contributed by atoms with Crippen molar-refractivity contribution in [1.29, 1.82) is 0 Å². The third kappa shape index (κ3) is 2.91. The number of nitrogens with two attached hydrogens (primary N) is 2. The molecule has 0 amide bonds. The number of hydrogen-bond acceptors (Lipinski definition) is 6. The first-order valence-corrected chi connectivity index (χ1v) is 5.54. The van der Waals surface area contributed by atoms with E-state index in [1.807, 2.05) is 0 Å². The summed E-state index contributed by atoms with van der Waals surface area (Å²) in [6.07, 6.45) is 0. The minimum Gasteiger partial charge on any atom is -0.462 e. The Morgan fingerprint density at radius 1 is 0.944 bits per heavy atom. The van der Waals surface area contributed by atoms with Crippen LogP contribution in [-0.4, -0.2) is 25.2 Å². The highest BCUT2D eigenvalue weighted by Crippen LogP contribution is 2.22. The Kier molecular flexibility index (Phi) is 4.53. The molecule has 0 aliphatic carbocycles. The van der Waals surface area contributed by atoms with E-state index in [-0.39, 0.29) is 35.7 Å². The maximum absolute atomic E-state index is 11.6. The normalized spacial score (nSPS) is 9.89. The van der Waals surface area contributed by atoms with E-state index in [0.717, 1.165) is 0 Å². The number of benzene rings is 1. The molecule has 0 radical (unpaired) electrons. The topological polar surface area (TPSA) is 105 Å². The number of rotatable bonds is 4. The van der Waals surface area contributed by atoms with Crippen LogP contribution in [0, 0.1) is 0 Å². The Labute approximate surface area is 105 Å². The molecule has 0 aromatic heterocycles. The SMILES string of the molecule is CCOC(=O)c1cc(N)c(C(=O)OCC)cc1N. The summed E-state index contributed by atoms with van der Waals surface area (Å²) < 4.78 is 9.64. The second kappa shape index (κ2) is 5.90. The molecule has 0 heterocycles. The highest BCUT2D eigenvalue weighted by atomic mass is 16.5. The largest absolute Gasteiger partial charge is 0.462 e.